The first-order chi connectivity index (χ1) is 8.88. The Hall–Kier alpha value is -1.15. The molecule has 2 rings (SSSR count). The fraction of sp³-hybridized carbons (Fsp3) is 0.455. The molecule has 1 N–H and O–H groups in total. The molecule has 8 heteroatoms. The van der Waals surface area contributed by atoms with E-state index >= 15 is 0 Å². The molecule has 0 atom stereocenters. The van der Waals surface area contributed by atoms with Gasteiger partial charge in [-0.25, -0.2) is 0 Å². The molecule has 0 spiro atoms. The number of unbranched alkanes of at least 4 members (excludes halogenated alkanes) is 1. The van der Waals surface area contributed by atoms with Crippen LogP contribution in [0.3, 0.4) is 0 Å². The van der Waals surface area contributed by atoms with Gasteiger partial charge < -0.3 is 4.98 Å². The number of nitrogens with one attached hydrogen (secondary N) is 1. The van der Waals surface area contributed by atoms with Crippen LogP contribution in [0.4, 0.5) is 13.2 Å². The molecular weight excluding hydrogens is 297 g/mol. The lowest BCUT2D eigenvalue weighted by atomic mass is 10.2. The van der Waals surface area contributed by atoms with Gasteiger partial charge in [-0.2, -0.15) is 13.2 Å². The minimum Gasteiger partial charge on any atom is -0.331 e. The molecule has 0 saturated heterocycles. The number of halogens is 3. The van der Waals surface area contributed by atoms with Crippen molar-refractivity contribution in [1.29, 1.82) is 0 Å². The number of hydrogen-bond donors (Lipinski definition) is 1. The van der Waals surface area contributed by atoms with Gasteiger partial charge in [0.05, 0.1) is 5.52 Å². The maximum Gasteiger partial charge on any atom is 0.389 e. The molecule has 0 aliphatic heterocycles. The van der Waals surface area contributed by atoms with Crippen LogP contribution in [0.25, 0.3) is 10.2 Å². The molecule has 0 radical (unpaired) electrons. The summed E-state index contributed by atoms with van der Waals surface area (Å²) in [5, 5.41) is 1.77. The molecule has 2 aromatic rings. The molecule has 2 heterocycles. The molecule has 104 valence electrons. The van der Waals surface area contributed by atoms with Crippen molar-refractivity contribution in [2.75, 3.05) is 0 Å². The summed E-state index contributed by atoms with van der Waals surface area (Å²) in [5.74, 6) is 0. The summed E-state index contributed by atoms with van der Waals surface area (Å²) in [6.07, 6.45) is -4.72. The maximum atomic E-state index is 12.1. The quantitative estimate of drug-likeness (QED) is 0.688. The number of fused-ring (bicyclic) bond motifs is 1. The third-order valence-corrected chi connectivity index (χ3v) is 3.91. The standard InChI is InChI=1S/C11H11F3N2OS2/c12-11(13,14)4-1-2-5-16-9(17)8-7(3-6-19-8)15-10(16)18/h3,6H,1-2,4-5H2,(H,15,18). The van der Waals surface area contributed by atoms with E-state index in [0.29, 0.717) is 10.2 Å². The molecule has 3 nitrogen and oxygen atoms in total. The van der Waals surface area contributed by atoms with Crippen LogP contribution in [0.1, 0.15) is 19.3 Å². The van der Waals surface area contributed by atoms with Crippen molar-refractivity contribution in [2.24, 2.45) is 0 Å². The van der Waals surface area contributed by atoms with Crippen molar-refractivity contribution in [3.8, 4) is 0 Å². The van der Waals surface area contributed by atoms with Gasteiger partial charge in [0.1, 0.15) is 4.70 Å². The Bertz CT molecular complexity index is 684. The zero-order valence-electron chi connectivity index (χ0n) is 9.79. The largest absolute Gasteiger partial charge is 0.389 e. The van der Waals surface area contributed by atoms with E-state index in [1.807, 2.05) is 0 Å². The minimum atomic E-state index is -4.15. The van der Waals surface area contributed by atoms with Crippen LogP contribution >= 0.6 is 23.6 Å². The van der Waals surface area contributed by atoms with Crippen LogP contribution in [-0.4, -0.2) is 15.7 Å². The molecule has 19 heavy (non-hydrogen) atoms. The summed E-state index contributed by atoms with van der Waals surface area (Å²) in [7, 11) is 0. The highest BCUT2D eigenvalue weighted by Crippen LogP contribution is 2.22. The van der Waals surface area contributed by atoms with Gasteiger partial charge in [0.2, 0.25) is 0 Å². The number of alkyl halides is 3. The zero-order chi connectivity index (χ0) is 14.0. The van der Waals surface area contributed by atoms with Crippen molar-refractivity contribution in [2.45, 2.75) is 32.0 Å². The average Bonchev–Trinajstić information content (AvgIpc) is 2.74. The normalized spacial score (nSPS) is 12.2. The summed E-state index contributed by atoms with van der Waals surface area (Å²) < 4.78 is 38.2. The minimum absolute atomic E-state index is 0.00676. The molecule has 0 aliphatic carbocycles. The van der Waals surface area contributed by atoms with E-state index in [4.69, 9.17) is 12.2 Å². The summed E-state index contributed by atoms with van der Waals surface area (Å²) in [5.41, 5.74) is 0.437. The van der Waals surface area contributed by atoms with Gasteiger partial charge in [0.25, 0.3) is 5.56 Å². The van der Waals surface area contributed by atoms with Crippen molar-refractivity contribution < 1.29 is 13.2 Å². The van der Waals surface area contributed by atoms with Crippen LogP contribution in [0.2, 0.25) is 0 Å². The molecule has 0 aromatic carbocycles. The first-order valence-corrected chi connectivity index (χ1v) is 6.94. The third kappa shape index (κ3) is 3.44. The predicted molar refractivity (Wildman–Crippen MR) is 71.2 cm³/mol. The Balaban J connectivity index is 2.13. The summed E-state index contributed by atoms with van der Waals surface area (Å²) in [6.45, 7) is 0.206. The van der Waals surface area contributed by atoms with E-state index < -0.39 is 12.6 Å². The summed E-state index contributed by atoms with van der Waals surface area (Å²) in [4.78, 5) is 15.0. The van der Waals surface area contributed by atoms with Crippen molar-refractivity contribution >= 4 is 33.8 Å². The lowest BCUT2D eigenvalue weighted by Crippen LogP contribution is -2.21. The molecule has 0 aliphatic rings. The molecule has 0 amide bonds. The van der Waals surface area contributed by atoms with Gasteiger partial charge in [-0.1, -0.05) is 0 Å². The highest BCUT2D eigenvalue weighted by molar-refractivity contribution is 7.71. The van der Waals surface area contributed by atoms with Gasteiger partial charge in [-0.05, 0) is 36.5 Å². The molecule has 0 fully saturated rings. The number of rotatable bonds is 4. The third-order valence-electron chi connectivity index (χ3n) is 2.68. The van der Waals surface area contributed by atoms with Gasteiger partial charge >= 0.3 is 6.18 Å². The number of H-pyrrole nitrogens is 1. The number of aromatic amines is 1. The molecule has 0 saturated carbocycles. The van der Waals surface area contributed by atoms with E-state index in [0.717, 1.165) is 0 Å². The summed E-state index contributed by atoms with van der Waals surface area (Å²) >= 11 is 6.34. The first-order valence-electron chi connectivity index (χ1n) is 5.65. The number of aromatic nitrogens is 2. The lowest BCUT2D eigenvalue weighted by molar-refractivity contribution is -0.135. The molecule has 0 bridgehead atoms. The fourth-order valence-electron chi connectivity index (χ4n) is 1.77. The second-order valence-corrected chi connectivity index (χ2v) is 5.43. The van der Waals surface area contributed by atoms with Gasteiger partial charge in [-0.15, -0.1) is 11.3 Å². The van der Waals surface area contributed by atoms with Crippen molar-refractivity contribution in [3.05, 3.63) is 26.6 Å². The maximum absolute atomic E-state index is 12.1. The van der Waals surface area contributed by atoms with Crippen LogP contribution in [0, 0.1) is 4.77 Å². The second kappa shape index (κ2) is 5.46. The number of nitrogens with zero attached hydrogens (tertiary/aromatic N) is 1. The van der Waals surface area contributed by atoms with Crippen LogP contribution < -0.4 is 5.56 Å². The highest BCUT2D eigenvalue weighted by atomic mass is 32.1. The Labute approximate surface area is 115 Å². The average molecular weight is 308 g/mol. The SMILES string of the molecule is O=c1c2sccc2[nH]c(=S)n1CCCCC(F)(F)F. The van der Waals surface area contributed by atoms with E-state index in [-0.39, 0.29) is 29.7 Å². The van der Waals surface area contributed by atoms with E-state index in [1.54, 1.807) is 11.4 Å². The monoisotopic (exact) mass is 308 g/mol. The topological polar surface area (TPSA) is 37.8 Å². The van der Waals surface area contributed by atoms with Crippen molar-refractivity contribution in [3.63, 3.8) is 0 Å². The van der Waals surface area contributed by atoms with E-state index in [1.165, 1.54) is 15.9 Å². The Morgan fingerprint density at radius 2 is 2.11 bits per heavy atom. The van der Waals surface area contributed by atoms with Gasteiger partial charge in [0, 0.05) is 13.0 Å². The first kappa shape index (κ1) is 14.3. The van der Waals surface area contributed by atoms with Crippen LogP contribution in [0.15, 0.2) is 16.2 Å². The lowest BCUT2D eigenvalue weighted by Gasteiger charge is -2.08. The van der Waals surface area contributed by atoms with Crippen LogP contribution in [-0.2, 0) is 6.54 Å². The van der Waals surface area contributed by atoms with Gasteiger partial charge in [-0.3, -0.25) is 9.36 Å². The van der Waals surface area contributed by atoms with E-state index in [9.17, 15) is 18.0 Å². The Morgan fingerprint density at radius 3 is 2.79 bits per heavy atom. The number of thiophene rings is 1. The van der Waals surface area contributed by atoms with E-state index in [2.05, 4.69) is 4.98 Å². The smallest absolute Gasteiger partial charge is 0.331 e. The highest BCUT2D eigenvalue weighted by Gasteiger charge is 2.25. The predicted octanol–water partition coefficient (Wildman–Crippen LogP) is 3.85. The van der Waals surface area contributed by atoms with Gasteiger partial charge in [0.15, 0.2) is 4.77 Å². The second-order valence-electron chi connectivity index (χ2n) is 4.12. The molecular formula is C11H11F3N2OS2. The number of hydrogen-bond acceptors (Lipinski definition) is 3. The fourth-order valence-corrected chi connectivity index (χ4v) is 2.85. The van der Waals surface area contributed by atoms with Crippen molar-refractivity contribution in [1.82, 2.24) is 9.55 Å². The molecule has 0 unspecified atom stereocenters. The van der Waals surface area contributed by atoms with Crippen LogP contribution in [0.5, 0.6) is 0 Å². The summed E-state index contributed by atoms with van der Waals surface area (Å²) in [6, 6.07) is 1.76. The molecule has 2 aromatic heterocycles. The Kier molecular flexibility index (Phi) is 4.10. The zero-order valence-corrected chi connectivity index (χ0v) is 11.4. The Morgan fingerprint density at radius 1 is 1.37 bits per heavy atom.